The largest absolute Gasteiger partial charge is 0.508 e. The van der Waals surface area contributed by atoms with Crippen LogP contribution in [0.2, 0.25) is 0 Å². The van der Waals surface area contributed by atoms with Crippen molar-refractivity contribution in [3.05, 3.63) is 29.8 Å². The molecule has 4 unspecified atom stereocenters. The molecule has 0 fully saturated rings. The van der Waals surface area contributed by atoms with Crippen LogP contribution in [0.4, 0.5) is 0 Å². The predicted octanol–water partition coefficient (Wildman–Crippen LogP) is -2.37. The zero-order valence-corrected chi connectivity index (χ0v) is 18.2. The summed E-state index contributed by atoms with van der Waals surface area (Å²) >= 11 is 3.98. The lowest BCUT2D eigenvalue weighted by Crippen LogP contribution is -2.57. The number of hydrogen-bond acceptors (Lipinski definition) is 8. The van der Waals surface area contributed by atoms with Crippen LogP contribution in [0.5, 0.6) is 5.75 Å². The van der Waals surface area contributed by atoms with E-state index in [0.29, 0.717) is 5.56 Å². The summed E-state index contributed by atoms with van der Waals surface area (Å²) in [6, 6.07) is 0.991. The molecule has 0 spiro atoms. The molecule has 1 aromatic carbocycles. The van der Waals surface area contributed by atoms with Crippen LogP contribution in [0.3, 0.4) is 0 Å². The second-order valence-corrected chi connectivity index (χ2v) is 7.39. The number of thiol groups is 1. The van der Waals surface area contributed by atoms with E-state index in [2.05, 4.69) is 28.6 Å². The number of rotatable bonds is 12. The molecule has 0 aliphatic carbocycles. The zero-order valence-electron chi connectivity index (χ0n) is 17.3. The lowest BCUT2D eigenvalue weighted by atomic mass is 10.1. The van der Waals surface area contributed by atoms with Gasteiger partial charge in [-0.3, -0.25) is 19.2 Å². The Labute approximate surface area is 189 Å². The summed E-state index contributed by atoms with van der Waals surface area (Å²) in [6.45, 7) is 1.34. The third kappa shape index (κ3) is 8.81. The molecule has 13 heteroatoms. The van der Waals surface area contributed by atoms with E-state index in [1.54, 1.807) is 0 Å². The topological polar surface area (TPSA) is 214 Å². The van der Waals surface area contributed by atoms with Gasteiger partial charge in [-0.25, -0.2) is 4.79 Å². The summed E-state index contributed by atoms with van der Waals surface area (Å²) in [4.78, 5) is 59.1. The van der Waals surface area contributed by atoms with Crippen LogP contribution in [-0.4, -0.2) is 69.7 Å². The first-order valence-electron chi connectivity index (χ1n) is 9.51. The molecule has 0 aromatic heterocycles. The van der Waals surface area contributed by atoms with Crippen molar-refractivity contribution in [2.75, 3.05) is 5.75 Å². The van der Waals surface area contributed by atoms with Gasteiger partial charge in [-0.2, -0.15) is 12.6 Å². The molecule has 9 N–H and O–H groups in total. The van der Waals surface area contributed by atoms with Crippen molar-refractivity contribution < 1.29 is 34.2 Å². The van der Waals surface area contributed by atoms with Gasteiger partial charge in [0.1, 0.15) is 23.9 Å². The van der Waals surface area contributed by atoms with Gasteiger partial charge in [-0.1, -0.05) is 12.1 Å². The first-order chi connectivity index (χ1) is 14.9. The third-order valence-electron chi connectivity index (χ3n) is 4.32. The molecule has 12 nitrogen and oxygen atoms in total. The molecule has 0 bridgehead atoms. The van der Waals surface area contributed by atoms with E-state index in [9.17, 15) is 34.2 Å². The predicted molar refractivity (Wildman–Crippen MR) is 117 cm³/mol. The van der Waals surface area contributed by atoms with Crippen LogP contribution < -0.4 is 27.4 Å². The summed E-state index contributed by atoms with van der Waals surface area (Å²) < 4.78 is 0. The quantitative estimate of drug-likeness (QED) is 0.154. The first kappa shape index (κ1) is 26.7. The number of aliphatic carboxylic acids is 1. The minimum Gasteiger partial charge on any atom is -0.508 e. The van der Waals surface area contributed by atoms with Crippen LogP contribution in [-0.2, 0) is 30.4 Å². The van der Waals surface area contributed by atoms with Crippen molar-refractivity contribution in [1.82, 2.24) is 16.0 Å². The Morgan fingerprint density at radius 3 is 2.03 bits per heavy atom. The molecular formula is C19H27N5O7S. The van der Waals surface area contributed by atoms with Crippen LogP contribution in [0.25, 0.3) is 0 Å². The number of aromatic hydroxyl groups is 1. The Morgan fingerprint density at radius 1 is 0.969 bits per heavy atom. The number of primary amides is 1. The highest BCUT2D eigenvalue weighted by molar-refractivity contribution is 7.80. The number of carbonyl (C=O) groups excluding carboxylic acids is 4. The molecule has 0 heterocycles. The third-order valence-corrected chi connectivity index (χ3v) is 4.68. The van der Waals surface area contributed by atoms with E-state index < -0.39 is 60.2 Å². The highest BCUT2D eigenvalue weighted by atomic mass is 32.1. The number of phenolic OH excluding ortho intramolecular Hbond substituents is 1. The monoisotopic (exact) mass is 469 g/mol. The highest BCUT2D eigenvalue weighted by Crippen LogP contribution is 2.11. The molecule has 0 saturated heterocycles. The summed E-state index contributed by atoms with van der Waals surface area (Å²) in [7, 11) is 0. The van der Waals surface area contributed by atoms with Crippen LogP contribution in [0.1, 0.15) is 18.9 Å². The highest BCUT2D eigenvalue weighted by Gasteiger charge is 2.28. The van der Waals surface area contributed by atoms with Crippen molar-refractivity contribution in [2.24, 2.45) is 11.5 Å². The summed E-state index contributed by atoms with van der Waals surface area (Å²) in [6.07, 6.45) is -0.460. The van der Waals surface area contributed by atoms with Crippen molar-refractivity contribution in [3.8, 4) is 5.75 Å². The van der Waals surface area contributed by atoms with Gasteiger partial charge >= 0.3 is 5.97 Å². The first-order valence-corrected chi connectivity index (χ1v) is 10.1. The Kier molecular flexibility index (Phi) is 10.4. The molecule has 176 valence electrons. The number of carboxylic acids is 1. The van der Waals surface area contributed by atoms with E-state index in [0.717, 1.165) is 0 Å². The molecule has 32 heavy (non-hydrogen) atoms. The Bertz CT molecular complexity index is 849. The minimum atomic E-state index is -1.28. The van der Waals surface area contributed by atoms with E-state index >= 15 is 0 Å². The Balaban J connectivity index is 2.69. The second kappa shape index (κ2) is 12.5. The maximum atomic E-state index is 12.4. The fourth-order valence-corrected chi connectivity index (χ4v) is 2.78. The fraction of sp³-hybridized carbons (Fsp3) is 0.421. The summed E-state index contributed by atoms with van der Waals surface area (Å²) in [5, 5.41) is 25.7. The van der Waals surface area contributed by atoms with E-state index in [1.165, 1.54) is 31.2 Å². The second-order valence-electron chi connectivity index (χ2n) is 7.02. The number of carbonyl (C=O) groups is 5. The smallest absolute Gasteiger partial charge is 0.326 e. The van der Waals surface area contributed by atoms with Crippen LogP contribution >= 0.6 is 12.6 Å². The van der Waals surface area contributed by atoms with Crippen molar-refractivity contribution in [1.29, 1.82) is 0 Å². The van der Waals surface area contributed by atoms with Gasteiger partial charge in [0, 0.05) is 12.2 Å². The molecule has 4 amide bonds. The van der Waals surface area contributed by atoms with Gasteiger partial charge in [0.2, 0.25) is 23.6 Å². The molecule has 0 saturated carbocycles. The molecule has 1 rings (SSSR count). The van der Waals surface area contributed by atoms with Gasteiger partial charge in [-0.15, -0.1) is 0 Å². The number of amides is 4. The average Bonchev–Trinajstić information content (AvgIpc) is 2.71. The SMILES string of the molecule is CC(NC(=O)C(CS)NC(=O)C(N)CC(N)=O)C(=O)NC(Cc1ccc(O)cc1)C(=O)O. The maximum absolute atomic E-state index is 12.4. The summed E-state index contributed by atoms with van der Waals surface area (Å²) in [5.74, 6) is -4.50. The number of phenols is 1. The van der Waals surface area contributed by atoms with Gasteiger partial charge in [0.25, 0.3) is 0 Å². The zero-order chi connectivity index (χ0) is 24.4. The molecule has 1 aromatic rings. The number of nitrogens with one attached hydrogen (secondary N) is 3. The van der Waals surface area contributed by atoms with Gasteiger partial charge in [-0.05, 0) is 24.6 Å². The molecular weight excluding hydrogens is 442 g/mol. The molecule has 4 atom stereocenters. The normalized spacial score (nSPS) is 14.3. The van der Waals surface area contributed by atoms with Crippen LogP contribution in [0.15, 0.2) is 24.3 Å². The summed E-state index contributed by atoms with van der Waals surface area (Å²) in [5.41, 5.74) is 11.1. The van der Waals surface area contributed by atoms with Crippen molar-refractivity contribution in [3.63, 3.8) is 0 Å². The van der Waals surface area contributed by atoms with E-state index in [1.807, 2.05) is 0 Å². The standard InChI is InChI=1S/C19H27N5O7S/c1-9(22-18(29)14(8-32)24-17(28)12(20)7-15(21)26)16(27)23-13(19(30)31)6-10-2-4-11(25)5-3-10/h2-5,9,12-14,25,32H,6-8,20H2,1H3,(H2,21,26)(H,22,29)(H,23,27)(H,24,28)(H,30,31). The molecule has 0 radical (unpaired) electrons. The lowest BCUT2D eigenvalue weighted by molar-refractivity contribution is -0.142. The molecule has 0 aliphatic rings. The number of carboxylic acid groups (broad SMARTS) is 1. The van der Waals surface area contributed by atoms with Gasteiger partial charge in [0.15, 0.2) is 0 Å². The minimum absolute atomic E-state index is 0.0161. The van der Waals surface area contributed by atoms with E-state index in [4.69, 9.17) is 11.5 Å². The van der Waals surface area contributed by atoms with Crippen LogP contribution in [0, 0.1) is 0 Å². The molecule has 0 aliphatic heterocycles. The van der Waals surface area contributed by atoms with Gasteiger partial charge < -0.3 is 37.6 Å². The average molecular weight is 470 g/mol. The lowest BCUT2D eigenvalue weighted by Gasteiger charge is -2.22. The maximum Gasteiger partial charge on any atom is 0.326 e. The Hall–Kier alpha value is -3.32. The van der Waals surface area contributed by atoms with Crippen molar-refractivity contribution in [2.45, 2.75) is 43.9 Å². The fourth-order valence-electron chi connectivity index (χ4n) is 2.53. The number of hydrogen-bond donors (Lipinski definition) is 8. The number of benzene rings is 1. The van der Waals surface area contributed by atoms with Crippen molar-refractivity contribution >= 4 is 42.2 Å². The number of nitrogens with two attached hydrogens (primary N) is 2. The van der Waals surface area contributed by atoms with Gasteiger partial charge in [0.05, 0.1) is 12.5 Å². The van der Waals surface area contributed by atoms with E-state index in [-0.39, 0.29) is 17.9 Å². The Morgan fingerprint density at radius 2 is 1.53 bits per heavy atom.